The fourth-order valence-corrected chi connectivity index (χ4v) is 2.43. The lowest BCUT2D eigenvalue weighted by atomic mass is 10.1. The molecule has 0 aliphatic heterocycles. The smallest absolute Gasteiger partial charge is 0.220 e. The van der Waals surface area contributed by atoms with Crippen molar-refractivity contribution in [2.45, 2.75) is 96.9 Å². The monoisotopic (exact) mass is 285 g/mol. The number of unbranched alkanes of at least 4 members (excludes halogenated alkanes) is 8. The van der Waals surface area contributed by atoms with Gasteiger partial charge in [0, 0.05) is 19.1 Å². The van der Waals surface area contributed by atoms with E-state index in [-0.39, 0.29) is 18.6 Å². The van der Waals surface area contributed by atoms with E-state index in [9.17, 15) is 4.79 Å². The first-order valence-electron chi connectivity index (χ1n) is 8.64. The average molecular weight is 285 g/mol. The summed E-state index contributed by atoms with van der Waals surface area (Å²) in [5.74, 6) is 0.147. The maximum Gasteiger partial charge on any atom is 0.220 e. The Labute approximate surface area is 125 Å². The predicted octanol–water partition coefficient (Wildman–Crippen LogP) is 4.18. The van der Waals surface area contributed by atoms with Crippen molar-refractivity contribution < 1.29 is 9.90 Å². The number of carbonyl (C=O) groups excluding carboxylic acids is 1. The molecule has 1 amide bonds. The lowest BCUT2D eigenvalue weighted by Crippen LogP contribution is -2.34. The van der Waals surface area contributed by atoms with E-state index in [1.165, 1.54) is 44.9 Å². The minimum atomic E-state index is 0.145. The zero-order valence-electron chi connectivity index (χ0n) is 13.6. The molecule has 0 saturated carbocycles. The summed E-state index contributed by atoms with van der Waals surface area (Å²) in [7, 11) is 0. The van der Waals surface area contributed by atoms with E-state index in [1.807, 2.05) is 6.92 Å². The molecule has 3 heteroatoms. The molecule has 3 nitrogen and oxygen atoms in total. The summed E-state index contributed by atoms with van der Waals surface area (Å²) >= 11 is 0. The maximum absolute atomic E-state index is 11.7. The number of aliphatic hydroxyl groups excluding tert-OH is 1. The highest BCUT2D eigenvalue weighted by molar-refractivity contribution is 5.76. The van der Waals surface area contributed by atoms with Crippen LogP contribution in [-0.2, 0) is 4.79 Å². The first-order chi connectivity index (χ1) is 9.74. The number of hydrogen-bond acceptors (Lipinski definition) is 2. The summed E-state index contributed by atoms with van der Waals surface area (Å²) in [6.07, 6.45) is 13.7. The molecular weight excluding hydrogens is 250 g/mol. The molecule has 0 aromatic heterocycles. The van der Waals surface area contributed by atoms with E-state index in [0.29, 0.717) is 12.8 Å². The van der Waals surface area contributed by atoms with Gasteiger partial charge in [-0.2, -0.15) is 0 Å². The van der Waals surface area contributed by atoms with Gasteiger partial charge < -0.3 is 10.4 Å². The average Bonchev–Trinajstić information content (AvgIpc) is 2.45. The van der Waals surface area contributed by atoms with Crippen LogP contribution in [0.25, 0.3) is 0 Å². The number of amides is 1. The van der Waals surface area contributed by atoms with Gasteiger partial charge in [-0.15, -0.1) is 0 Å². The van der Waals surface area contributed by atoms with Crippen LogP contribution in [-0.4, -0.2) is 23.7 Å². The second kappa shape index (κ2) is 14.8. The van der Waals surface area contributed by atoms with E-state index < -0.39 is 0 Å². The van der Waals surface area contributed by atoms with E-state index in [2.05, 4.69) is 12.2 Å². The van der Waals surface area contributed by atoms with Gasteiger partial charge in [-0.3, -0.25) is 4.79 Å². The van der Waals surface area contributed by atoms with Gasteiger partial charge in [-0.1, -0.05) is 65.2 Å². The maximum atomic E-state index is 11.7. The molecular formula is C17H35NO2. The summed E-state index contributed by atoms with van der Waals surface area (Å²) in [6.45, 7) is 4.44. The van der Waals surface area contributed by atoms with Gasteiger partial charge in [0.2, 0.25) is 5.91 Å². The lowest BCUT2D eigenvalue weighted by Gasteiger charge is -2.15. The number of hydrogen-bond donors (Lipinski definition) is 2. The van der Waals surface area contributed by atoms with Crippen LogP contribution in [0.1, 0.15) is 90.9 Å². The minimum absolute atomic E-state index is 0.145. The number of rotatable bonds is 14. The van der Waals surface area contributed by atoms with Gasteiger partial charge >= 0.3 is 0 Å². The van der Waals surface area contributed by atoms with Crippen molar-refractivity contribution in [1.29, 1.82) is 0 Å². The van der Waals surface area contributed by atoms with Crippen LogP contribution in [0.5, 0.6) is 0 Å². The summed E-state index contributed by atoms with van der Waals surface area (Å²) in [5.41, 5.74) is 0. The van der Waals surface area contributed by atoms with Crippen molar-refractivity contribution >= 4 is 5.91 Å². The van der Waals surface area contributed by atoms with E-state index >= 15 is 0 Å². The van der Waals surface area contributed by atoms with Gasteiger partial charge in [0.25, 0.3) is 0 Å². The third-order valence-corrected chi connectivity index (χ3v) is 3.84. The lowest BCUT2D eigenvalue weighted by molar-refractivity contribution is -0.122. The van der Waals surface area contributed by atoms with E-state index in [4.69, 9.17) is 5.11 Å². The summed E-state index contributed by atoms with van der Waals surface area (Å²) < 4.78 is 0. The first kappa shape index (κ1) is 19.4. The summed E-state index contributed by atoms with van der Waals surface area (Å²) in [6, 6.07) is 0.145. The van der Waals surface area contributed by atoms with Gasteiger partial charge in [0.15, 0.2) is 0 Å². The van der Waals surface area contributed by atoms with Crippen LogP contribution in [0.3, 0.4) is 0 Å². The fraction of sp³-hybridized carbons (Fsp3) is 0.941. The quantitative estimate of drug-likeness (QED) is 0.470. The molecule has 20 heavy (non-hydrogen) atoms. The molecule has 2 N–H and O–H groups in total. The fourth-order valence-electron chi connectivity index (χ4n) is 2.43. The van der Waals surface area contributed by atoms with Gasteiger partial charge in [0.05, 0.1) is 0 Å². The summed E-state index contributed by atoms with van der Waals surface area (Å²) in [5, 5.41) is 11.9. The van der Waals surface area contributed by atoms with Crippen LogP contribution >= 0.6 is 0 Å². The van der Waals surface area contributed by atoms with Crippen LogP contribution < -0.4 is 5.32 Å². The third kappa shape index (κ3) is 12.5. The molecule has 0 aliphatic rings. The van der Waals surface area contributed by atoms with Gasteiger partial charge in [-0.05, 0) is 19.3 Å². The van der Waals surface area contributed by atoms with Crippen molar-refractivity contribution in [2.75, 3.05) is 6.61 Å². The Balaban J connectivity index is 3.34. The Morgan fingerprint density at radius 2 is 1.50 bits per heavy atom. The molecule has 0 heterocycles. The topological polar surface area (TPSA) is 49.3 Å². The molecule has 0 bridgehead atoms. The molecule has 0 aromatic rings. The molecule has 0 radical (unpaired) electrons. The van der Waals surface area contributed by atoms with Crippen molar-refractivity contribution in [3.8, 4) is 0 Å². The molecule has 0 saturated heterocycles. The van der Waals surface area contributed by atoms with Crippen molar-refractivity contribution in [1.82, 2.24) is 5.32 Å². The normalized spacial score (nSPS) is 12.3. The zero-order valence-corrected chi connectivity index (χ0v) is 13.6. The standard InChI is InChI=1S/C17H35NO2/c1-3-5-6-7-8-9-10-11-12-13-17(20)18-16(4-2)14-15-19/h16,19H,3-15H2,1-2H3,(H,18,20). The highest BCUT2D eigenvalue weighted by Crippen LogP contribution is 2.10. The minimum Gasteiger partial charge on any atom is -0.396 e. The zero-order chi connectivity index (χ0) is 15.1. The third-order valence-electron chi connectivity index (χ3n) is 3.84. The molecule has 0 aromatic carbocycles. The van der Waals surface area contributed by atoms with Crippen LogP contribution in [0.15, 0.2) is 0 Å². The Morgan fingerprint density at radius 1 is 0.950 bits per heavy atom. The number of carbonyl (C=O) groups is 1. The molecule has 0 fully saturated rings. The van der Waals surface area contributed by atoms with Crippen LogP contribution in [0.2, 0.25) is 0 Å². The van der Waals surface area contributed by atoms with Crippen LogP contribution in [0.4, 0.5) is 0 Å². The van der Waals surface area contributed by atoms with Crippen LogP contribution in [0, 0.1) is 0 Å². The number of aliphatic hydroxyl groups is 1. The Bertz CT molecular complexity index is 219. The molecule has 120 valence electrons. The van der Waals surface area contributed by atoms with Crippen molar-refractivity contribution in [3.63, 3.8) is 0 Å². The van der Waals surface area contributed by atoms with Gasteiger partial charge in [0.1, 0.15) is 0 Å². The molecule has 1 atom stereocenters. The molecule has 1 unspecified atom stereocenters. The first-order valence-corrected chi connectivity index (χ1v) is 8.64. The molecule has 0 rings (SSSR count). The summed E-state index contributed by atoms with van der Waals surface area (Å²) in [4.78, 5) is 11.7. The highest BCUT2D eigenvalue weighted by atomic mass is 16.3. The SMILES string of the molecule is CCCCCCCCCCCC(=O)NC(CC)CCO. The Kier molecular flexibility index (Phi) is 14.4. The van der Waals surface area contributed by atoms with Crippen molar-refractivity contribution in [2.24, 2.45) is 0 Å². The number of nitrogens with one attached hydrogen (secondary N) is 1. The van der Waals surface area contributed by atoms with E-state index in [1.54, 1.807) is 0 Å². The van der Waals surface area contributed by atoms with Gasteiger partial charge in [-0.25, -0.2) is 0 Å². The predicted molar refractivity (Wildman–Crippen MR) is 85.8 cm³/mol. The second-order valence-corrected chi connectivity index (χ2v) is 5.76. The Hall–Kier alpha value is -0.570. The largest absolute Gasteiger partial charge is 0.396 e. The molecule has 0 aliphatic carbocycles. The highest BCUT2D eigenvalue weighted by Gasteiger charge is 2.09. The second-order valence-electron chi connectivity index (χ2n) is 5.76. The van der Waals surface area contributed by atoms with Crippen molar-refractivity contribution in [3.05, 3.63) is 0 Å². The molecule has 0 spiro atoms. The Morgan fingerprint density at radius 3 is 2.00 bits per heavy atom. The van der Waals surface area contributed by atoms with E-state index in [0.717, 1.165) is 19.3 Å².